The first kappa shape index (κ1) is 42.7. The van der Waals surface area contributed by atoms with Crippen LogP contribution in [0.5, 0.6) is 0 Å². The molecule has 2 aliphatic carbocycles. The van der Waals surface area contributed by atoms with Gasteiger partial charge in [-0.05, 0) is 45.5 Å². The van der Waals surface area contributed by atoms with Crippen molar-refractivity contribution in [3.63, 3.8) is 0 Å². The first-order chi connectivity index (χ1) is 21.8. The van der Waals surface area contributed by atoms with Gasteiger partial charge in [-0.15, -0.1) is 22.7 Å². The van der Waals surface area contributed by atoms with Crippen LogP contribution in [0, 0.1) is 0 Å². The van der Waals surface area contributed by atoms with Gasteiger partial charge >= 0.3 is 16.5 Å². The second kappa shape index (κ2) is 20.2. The summed E-state index contributed by atoms with van der Waals surface area (Å²) >= 11 is 3.49. The number of nitrogen functional groups attached to an aromatic ring is 2. The Labute approximate surface area is 299 Å². The Kier molecular flexibility index (Phi) is 18.0. The van der Waals surface area contributed by atoms with Gasteiger partial charge in [0.25, 0.3) is 0 Å². The normalized spacial score (nSPS) is 10.6. The molecule has 0 saturated heterocycles. The molecule has 20 heteroatoms. The number of aromatic amines is 1. The minimum atomic E-state index is -3.15. The van der Waals surface area contributed by atoms with E-state index in [0.29, 0.717) is 0 Å². The van der Waals surface area contributed by atoms with Crippen molar-refractivity contribution in [2.75, 3.05) is 39.7 Å². The number of benzene rings is 4. The molecule has 0 radical (unpaired) electrons. The molecule has 2 heterocycles. The number of fused-ring (bicyclic) bond motifs is 4. The number of aromatic nitrogens is 2. The van der Waals surface area contributed by atoms with Crippen LogP contribution in [0.3, 0.4) is 0 Å². The van der Waals surface area contributed by atoms with Crippen LogP contribution >= 0.6 is 39.2 Å². The Balaban J connectivity index is 0. The fraction of sp³-hybridized carbons (Fsp3) is 0.143. The van der Waals surface area contributed by atoms with E-state index in [1.54, 1.807) is 22.7 Å². The van der Waals surface area contributed by atoms with E-state index in [0.717, 1.165) is 38.5 Å². The van der Waals surface area contributed by atoms with E-state index in [1.807, 2.05) is 50.5 Å². The summed E-state index contributed by atoms with van der Waals surface area (Å²) in [7, 11) is 1.98. The Morgan fingerprint density at radius 1 is 0.792 bits per heavy atom. The highest BCUT2D eigenvalue weighted by molar-refractivity contribution is 7.30. The lowest BCUT2D eigenvalue weighted by atomic mass is 10.2. The van der Waals surface area contributed by atoms with Gasteiger partial charge in [0.1, 0.15) is 37.8 Å². The van der Waals surface area contributed by atoms with Crippen LogP contribution in [0.4, 0.5) is 11.4 Å². The first-order valence-electron chi connectivity index (χ1n) is 13.0. The molecule has 2 aromatic carbocycles. The summed E-state index contributed by atoms with van der Waals surface area (Å²) in [6, 6.07) is 24.6. The minimum absolute atomic E-state index is 0. The number of hydrogen-bond donors (Lipinski definition) is 3. The third-order valence-corrected chi connectivity index (χ3v) is 8.47. The van der Waals surface area contributed by atoms with Gasteiger partial charge in [0.15, 0.2) is 0 Å². The lowest BCUT2D eigenvalue weighted by Gasteiger charge is -2.05. The molecule has 6 rings (SSSR count). The van der Waals surface area contributed by atoms with Gasteiger partial charge in [0, 0.05) is 55.3 Å². The molecule has 2 unspecified atom stereocenters. The summed E-state index contributed by atoms with van der Waals surface area (Å²) < 4.78 is 29.5. The third-order valence-electron chi connectivity index (χ3n) is 6.01. The molecule has 2 aliphatic heterocycles. The van der Waals surface area contributed by atoms with Gasteiger partial charge in [-0.25, -0.2) is 29.1 Å². The van der Waals surface area contributed by atoms with E-state index in [-0.39, 0.29) is 27.7 Å². The fourth-order valence-electron chi connectivity index (χ4n) is 3.88. The highest BCUT2D eigenvalue weighted by Crippen LogP contribution is 2.30. The molecule has 260 valence electrons. The van der Waals surface area contributed by atoms with Crippen LogP contribution in [0.25, 0.3) is 41.6 Å². The quantitative estimate of drug-likeness (QED) is 0.0381. The Morgan fingerprint density at radius 2 is 1.29 bits per heavy atom. The minimum Gasteiger partial charge on any atom is -1.00 e. The van der Waals surface area contributed by atoms with Crippen molar-refractivity contribution in [2.24, 2.45) is 0 Å². The maximum absolute atomic E-state index is 8.93. The van der Waals surface area contributed by atoms with Crippen molar-refractivity contribution in [3.05, 3.63) is 83.5 Å². The van der Waals surface area contributed by atoms with E-state index in [9.17, 15) is 0 Å². The van der Waals surface area contributed by atoms with Crippen LogP contribution < -0.4 is 76.2 Å². The Hall–Kier alpha value is -3.34. The van der Waals surface area contributed by atoms with E-state index in [1.165, 1.54) is 25.2 Å². The van der Waals surface area contributed by atoms with E-state index in [2.05, 4.69) is 79.0 Å². The van der Waals surface area contributed by atoms with Gasteiger partial charge in [0.2, 0.25) is 21.9 Å². The molecular weight excluding hydrogens is 745 g/mol. The highest BCUT2D eigenvalue weighted by atomic mass is 35.5. The van der Waals surface area contributed by atoms with Gasteiger partial charge in [0.05, 0.1) is 20.8 Å². The number of hydrogen-bond acceptors (Lipinski definition) is 13. The molecule has 14 nitrogen and oxygen atoms in total. The standard InChI is InChI=1S/2C14H13N3S.2ClH.2HO4P.2H2/c2*1-17(2)10-4-6-12-14(8-10)18-13-7-9(15)3-5-11(13)16-12;;;2*1-4-5(2)3;;/h2*3-8,15H,1-2H3;2*1H;2*1H;2*1H. The van der Waals surface area contributed by atoms with Gasteiger partial charge in [-0.3, -0.25) is 0 Å². The van der Waals surface area contributed by atoms with Crippen LogP contribution in [0.1, 0.15) is 2.85 Å². The number of nitrogens with one attached hydrogen (secondary N) is 1. The van der Waals surface area contributed by atoms with Gasteiger partial charge in [-0.2, -0.15) is 0 Å². The topological polar surface area (TPSA) is 227 Å². The second-order valence-electron chi connectivity index (χ2n) is 9.65. The maximum Gasteiger partial charge on any atom is 0.521 e. The summed E-state index contributed by atoms with van der Waals surface area (Å²) in [5.74, 6) is 0. The van der Waals surface area contributed by atoms with E-state index in [4.69, 9.17) is 40.9 Å². The zero-order valence-corrected chi connectivity index (χ0v) is 30.6. The van der Waals surface area contributed by atoms with Crippen molar-refractivity contribution < 1.29 is 71.4 Å². The number of nitrogens with zero attached hydrogens (tertiary/aromatic N) is 3. The molecule has 0 aromatic heterocycles. The summed E-state index contributed by atoms with van der Waals surface area (Å²) in [4.78, 5) is 28.3. The Morgan fingerprint density at radius 3 is 1.83 bits per heavy atom. The van der Waals surface area contributed by atoms with Crippen LogP contribution in [0.2, 0.25) is 0 Å². The molecule has 4 aliphatic rings. The smallest absolute Gasteiger partial charge is 0.521 e. The molecule has 48 heavy (non-hydrogen) atoms. The zero-order valence-electron chi connectivity index (χ0n) is 25.7. The SMILES string of the molecule is C[N+](C)=c1ccc2[nH+]c3ccc(N)cc3sc-2c1.C[N+](C)=c1ccc2nc3ccc(N)cc3sc-2c1.O=[P+]([O-])OO.O=[P+]([O-])O[O-].[Cl-].[Cl-].[HH].[HH]. The fourth-order valence-corrected chi connectivity index (χ4v) is 5.99. The molecule has 0 spiro atoms. The van der Waals surface area contributed by atoms with Crippen molar-refractivity contribution in [3.8, 4) is 21.1 Å². The van der Waals surface area contributed by atoms with Crippen LogP contribution in [0.15, 0.2) is 72.8 Å². The molecular formula is C28H34Cl2N6O8P2S2. The molecule has 6 N–H and O–H groups in total. The third kappa shape index (κ3) is 12.6. The number of anilines is 2. The molecule has 2 atom stereocenters. The molecule has 0 fully saturated rings. The molecule has 0 saturated carbocycles. The Bertz CT molecular complexity index is 1960. The summed E-state index contributed by atoms with van der Waals surface area (Å²) in [6.07, 6.45) is 0. The first-order valence-corrected chi connectivity index (χ1v) is 16.8. The van der Waals surface area contributed by atoms with Crippen molar-refractivity contribution in [1.29, 1.82) is 0 Å². The second-order valence-corrected chi connectivity index (χ2v) is 13.0. The number of halogens is 2. The van der Waals surface area contributed by atoms with Crippen molar-refractivity contribution in [2.45, 2.75) is 0 Å². The largest absolute Gasteiger partial charge is 1.00 e. The lowest BCUT2D eigenvalue weighted by Crippen LogP contribution is -3.00. The van der Waals surface area contributed by atoms with E-state index >= 15 is 0 Å². The predicted octanol–water partition coefficient (Wildman–Crippen LogP) is -4.26. The summed E-state index contributed by atoms with van der Waals surface area (Å²) in [5.41, 5.74) is 17.5. The highest BCUT2D eigenvalue weighted by Gasteiger charge is 2.14. The maximum atomic E-state index is 8.93. The number of nitrogens with two attached hydrogens (primary N) is 2. The van der Waals surface area contributed by atoms with Crippen LogP contribution in [-0.2, 0) is 18.5 Å². The number of rotatable bonds is 2. The van der Waals surface area contributed by atoms with Gasteiger partial charge < -0.3 is 51.3 Å². The van der Waals surface area contributed by atoms with Gasteiger partial charge in [-0.1, -0.05) is 0 Å². The summed E-state index contributed by atoms with van der Waals surface area (Å²) in [5, 5.41) is 18.0. The lowest BCUT2D eigenvalue weighted by molar-refractivity contribution is -0.644. The average Bonchev–Trinajstić information content (AvgIpc) is 3.03. The predicted molar refractivity (Wildman–Crippen MR) is 179 cm³/mol. The van der Waals surface area contributed by atoms with Crippen molar-refractivity contribution in [1.82, 2.24) is 14.1 Å². The molecule has 2 aromatic rings. The molecule has 0 bridgehead atoms. The van der Waals surface area contributed by atoms with E-state index < -0.39 is 16.5 Å². The number of H-pyrrole nitrogens is 1. The van der Waals surface area contributed by atoms with Crippen LogP contribution in [-0.4, -0.2) is 38.4 Å². The average molecular weight is 780 g/mol. The molecule has 0 amide bonds. The zero-order chi connectivity index (χ0) is 34.0. The van der Waals surface area contributed by atoms with Crippen molar-refractivity contribution >= 4 is 71.0 Å². The summed E-state index contributed by atoms with van der Waals surface area (Å²) in [6.45, 7) is 0. The monoisotopic (exact) mass is 778 g/mol.